The van der Waals surface area contributed by atoms with Crippen LogP contribution in [0, 0.1) is 0 Å². The Hall–Kier alpha value is -1.98. The standard InChI is InChI=1S/C17H22N4O/c18-17-11-14(6-8-20-17)4-5-16-13-21(9-10-22-16)12-15-3-1-2-7-19-15/h1-3,6-8,11,16H,4-5,9-10,12-13H2,(H2,18,20). The molecule has 0 radical (unpaired) electrons. The van der Waals surface area contributed by atoms with E-state index in [0.717, 1.165) is 44.8 Å². The summed E-state index contributed by atoms with van der Waals surface area (Å²) in [4.78, 5) is 10.8. The minimum absolute atomic E-state index is 0.270. The molecule has 5 nitrogen and oxygen atoms in total. The number of aryl methyl sites for hydroxylation is 1. The van der Waals surface area contributed by atoms with E-state index in [9.17, 15) is 0 Å². The number of nitrogens with zero attached hydrogens (tertiary/aromatic N) is 3. The first kappa shape index (κ1) is 14.9. The van der Waals surface area contributed by atoms with Crippen LogP contribution in [0.1, 0.15) is 17.7 Å². The molecule has 116 valence electrons. The van der Waals surface area contributed by atoms with Gasteiger partial charge in [-0.2, -0.15) is 0 Å². The van der Waals surface area contributed by atoms with Crippen LogP contribution in [0.25, 0.3) is 0 Å². The second-order valence-corrected chi connectivity index (χ2v) is 5.68. The number of hydrogen-bond donors (Lipinski definition) is 1. The van der Waals surface area contributed by atoms with E-state index >= 15 is 0 Å². The van der Waals surface area contributed by atoms with Gasteiger partial charge in [-0.15, -0.1) is 0 Å². The third-order valence-electron chi connectivity index (χ3n) is 3.94. The molecule has 0 aliphatic carbocycles. The molecule has 3 heterocycles. The van der Waals surface area contributed by atoms with Crippen molar-refractivity contribution in [1.29, 1.82) is 0 Å². The van der Waals surface area contributed by atoms with Crippen LogP contribution in [0.4, 0.5) is 5.82 Å². The highest BCUT2D eigenvalue weighted by molar-refractivity contribution is 5.31. The third-order valence-corrected chi connectivity index (χ3v) is 3.94. The number of nitrogen functional groups attached to an aromatic ring is 1. The second kappa shape index (κ2) is 7.33. The van der Waals surface area contributed by atoms with Crippen molar-refractivity contribution in [2.75, 3.05) is 25.4 Å². The number of rotatable bonds is 5. The quantitative estimate of drug-likeness (QED) is 0.913. The summed E-state index contributed by atoms with van der Waals surface area (Å²) in [7, 11) is 0. The van der Waals surface area contributed by atoms with Crippen molar-refractivity contribution in [1.82, 2.24) is 14.9 Å². The molecule has 0 bridgehead atoms. The van der Waals surface area contributed by atoms with Gasteiger partial charge in [-0.25, -0.2) is 4.98 Å². The summed E-state index contributed by atoms with van der Waals surface area (Å²) in [5, 5.41) is 0. The largest absolute Gasteiger partial charge is 0.384 e. The van der Waals surface area contributed by atoms with Crippen LogP contribution < -0.4 is 5.73 Å². The number of anilines is 1. The maximum Gasteiger partial charge on any atom is 0.123 e. The van der Waals surface area contributed by atoms with Gasteiger partial charge in [0, 0.05) is 32.0 Å². The molecule has 1 fully saturated rings. The van der Waals surface area contributed by atoms with Gasteiger partial charge in [0.05, 0.1) is 18.4 Å². The Labute approximate surface area is 131 Å². The fourth-order valence-corrected chi connectivity index (χ4v) is 2.80. The van der Waals surface area contributed by atoms with E-state index in [1.54, 1.807) is 6.20 Å². The predicted molar refractivity (Wildman–Crippen MR) is 86.2 cm³/mol. The lowest BCUT2D eigenvalue weighted by Gasteiger charge is -2.32. The number of nitrogens with two attached hydrogens (primary N) is 1. The van der Waals surface area contributed by atoms with Crippen LogP contribution in [-0.4, -0.2) is 40.7 Å². The van der Waals surface area contributed by atoms with Crippen LogP contribution in [-0.2, 0) is 17.7 Å². The number of morpholine rings is 1. The van der Waals surface area contributed by atoms with Gasteiger partial charge in [0.1, 0.15) is 5.82 Å². The average molecular weight is 298 g/mol. The summed E-state index contributed by atoms with van der Waals surface area (Å²) in [5.74, 6) is 0.582. The molecule has 22 heavy (non-hydrogen) atoms. The number of ether oxygens (including phenoxy) is 1. The molecule has 0 saturated carbocycles. The van der Waals surface area contributed by atoms with Gasteiger partial charge in [0.15, 0.2) is 0 Å². The molecular weight excluding hydrogens is 276 g/mol. The summed E-state index contributed by atoms with van der Waals surface area (Å²) in [5.41, 5.74) is 8.05. The number of hydrogen-bond acceptors (Lipinski definition) is 5. The first-order valence-corrected chi connectivity index (χ1v) is 7.74. The SMILES string of the molecule is Nc1cc(CCC2CN(Cc3ccccn3)CCO2)ccn1. The molecule has 1 aliphatic rings. The van der Waals surface area contributed by atoms with Crippen molar-refractivity contribution in [2.24, 2.45) is 0 Å². The van der Waals surface area contributed by atoms with E-state index in [0.29, 0.717) is 5.82 Å². The summed E-state index contributed by atoms with van der Waals surface area (Å²) in [6, 6.07) is 10.0. The Bertz CT molecular complexity index is 590. The topological polar surface area (TPSA) is 64.3 Å². The lowest BCUT2D eigenvalue weighted by Crippen LogP contribution is -2.42. The van der Waals surface area contributed by atoms with Gasteiger partial charge in [-0.3, -0.25) is 9.88 Å². The number of aromatic nitrogens is 2. The molecule has 0 amide bonds. The summed E-state index contributed by atoms with van der Waals surface area (Å²) in [6.45, 7) is 3.60. The Morgan fingerprint density at radius 1 is 1.23 bits per heavy atom. The third kappa shape index (κ3) is 4.26. The molecule has 5 heteroatoms. The van der Waals surface area contributed by atoms with Crippen molar-refractivity contribution in [3.63, 3.8) is 0 Å². The van der Waals surface area contributed by atoms with Crippen molar-refractivity contribution in [3.05, 3.63) is 54.0 Å². The van der Waals surface area contributed by atoms with Crippen molar-refractivity contribution in [2.45, 2.75) is 25.5 Å². The van der Waals surface area contributed by atoms with Crippen molar-refractivity contribution >= 4 is 5.82 Å². The van der Waals surface area contributed by atoms with Gasteiger partial charge in [0.25, 0.3) is 0 Å². The highest BCUT2D eigenvalue weighted by atomic mass is 16.5. The van der Waals surface area contributed by atoms with Crippen molar-refractivity contribution in [3.8, 4) is 0 Å². The number of pyridine rings is 2. The first-order chi connectivity index (χ1) is 10.8. The van der Waals surface area contributed by atoms with Crippen LogP contribution in [0.5, 0.6) is 0 Å². The first-order valence-electron chi connectivity index (χ1n) is 7.74. The maximum atomic E-state index is 5.89. The van der Waals surface area contributed by atoms with E-state index in [4.69, 9.17) is 10.5 Å². The summed E-state index contributed by atoms with van der Waals surface area (Å²) < 4.78 is 5.89. The van der Waals surface area contributed by atoms with Gasteiger partial charge in [-0.1, -0.05) is 6.07 Å². The van der Waals surface area contributed by atoms with Crippen LogP contribution in [0.2, 0.25) is 0 Å². The molecule has 3 rings (SSSR count). The molecule has 0 aromatic carbocycles. The molecule has 2 aromatic heterocycles. The smallest absolute Gasteiger partial charge is 0.123 e. The van der Waals surface area contributed by atoms with Crippen LogP contribution >= 0.6 is 0 Å². The average Bonchev–Trinajstić information content (AvgIpc) is 2.54. The summed E-state index contributed by atoms with van der Waals surface area (Å²) in [6.07, 6.45) is 5.85. The molecular formula is C17H22N4O. The molecule has 1 atom stereocenters. The van der Waals surface area contributed by atoms with E-state index in [1.807, 2.05) is 30.5 Å². The fourth-order valence-electron chi connectivity index (χ4n) is 2.80. The zero-order valence-electron chi connectivity index (χ0n) is 12.7. The molecule has 0 spiro atoms. The molecule has 1 unspecified atom stereocenters. The van der Waals surface area contributed by atoms with E-state index in [-0.39, 0.29) is 6.10 Å². The summed E-state index contributed by atoms with van der Waals surface area (Å²) >= 11 is 0. The van der Waals surface area contributed by atoms with Gasteiger partial charge >= 0.3 is 0 Å². The molecule has 1 aliphatic heterocycles. The Morgan fingerprint density at radius 2 is 2.18 bits per heavy atom. The van der Waals surface area contributed by atoms with E-state index < -0.39 is 0 Å². The molecule has 1 saturated heterocycles. The van der Waals surface area contributed by atoms with E-state index in [1.165, 1.54) is 5.56 Å². The maximum absolute atomic E-state index is 5.89. The highest BCUT2D eigenvalue weighted by Gasteiger charge is 2.20. The zero-order chi connectivity index (χ0) is 15.2. The van der Waals surface area contributed by atoms with Gasteiger partial charge in [0.2, 0.25) is 0 Å². The van der Waals surface area contributed by atoms with Crippen LogP contribution in [0.15, 0.2) is 42.7 Å². The molecule has 2 aromatic rings. The lowest BCUT2D eigenvalue weighted by molar-refractivity contribution is -0.0349. The minimum Gasteiger partial charge on any atom is -0.384 e. The highest BCUT2D eigenvalue weighted by Crippen LogP contribution is 2.15. The minimum atomic E-state index is 0.270. The monoisotopic (exact) mass is 298 g/mol. The lowest BCUT2D eigenvalue weighted by atomic mass is 10.1. The van der Waals surface area contributed by atoms with Crippen molar-refractivity contribution < 1.29 is 4.74 Å². The Morgan fingerprint density at radius 3 is 3.00 bits per heavy atom. The predicted octanol–water partition coefficient (Wildman–Crippen LogP) is 1.89. The van der Waals surface area contributed by atoms with Gasteiger partial charge < -0.3 is 10.5 Å². The Balaban J connectivity index is 1.50. The molecule has 2 N–H and O–H groups in total. The van der Waals surface area contributed by atoms with Crippen LogP contribution in [0.3, 0.4) is 0 Å². The normalized spacial score (nSPS) is 19.2. The second-order valence-electron chi connectivity index (χ2n) is 5.68. The zero-order valence-corrected chi connectivity index (χ0v) is 12.7. The van der Waals surface area contributed by atoms with E-state index in [2.05, 4.69) is 20.9 Å². The van der Waals surface area contributed by atoms with Gasteiger partial charge in [-0.05, 0) is 42.7 Å². The fraction of sp³-hybridized carbons (Fsp3) is 0.412. The Kier molecular flexibility index (Phi) is 4.98.